The summed E-state index contributed by atoms with van der Waals surface area (Å²) in [5.41, 5.74) is 0.634. The molecule has 2 aromatic rings. The van der Waals surface area contributed by atoms with Gasteiger partial charge in [-0.2, -0.15) is 0 Å². The average Bonchev–Trinajstić information content (AvgIpc) is 2.73. The van der Waals surface area contributed by atoms with Gasteiger partial charge in [0.25, 0.3) is 0 Å². The molecule has 0 saturated carbocycles. The van der Waals surface area contributed by atoms with Crippen molar-refractivity contribution in [2.24, 2.45) is 5.92 Å². The first-order chi connectivity index (χ1) is 13.7. The van der Waals surface area contributed by atoms with Crippen molar-refractivity contribution in [3.8, 4) is 0 Å². The van der Waals surface area contributed by atoms with E-state index in [0.29, 0.717) is 31.1 Å². The molecule has 2 aromatic carbocycles. The Kier molecular flexibility index (Phi) is 7.43. The third-order valence-electron chi connectivity index (χ3n) is 5.33. The molecule has 150 valence electrons. The van der Waals surface area contributed by atoms with Crippen LogP contribution in [0.5, 0.6) is 0 Å². The Balaban J connectivity index is 1.40. The molecular weight excluding hydrogens is 354 g/mol. The van der Waals surface area contributed by atoms with Gasteiger partial charge < -0.3 is 14.4 Å². The molecule has 0 spiro atoms. The van der Waals surface area contributed by atoms with Crippen LogP contribution in [-0.2, 0) is 14.3 Å². The van der Waals surface area contributed by atoms with Gasteiger partial charge in [-0.1, -0.05) is 36.4 Å². The van der Waals surface area contributed by atoms with Gasteiger partial charge in [0.05, 0.1) is 18.8 Å². The van der Waals surface area contributed by atoms with Crippen LogP contribution in [0.25, 0.3) is 10.8 Å². The molecule has 1 heterocycles. The number of piperidine rings is 1. The van der Waals surface area contributed by atoms with E-state index in [1.807, 2.05) is 49.4 Å². The summed E-state index contributed by atoms with van der Waals surface area (Å²) in [6.45, 7) is 5.64. The minimum Gasteiger partial charge on any atom is -0.466 e. The lowest BCUT2D eigenvalue weighted by Gasteiger charge is -2.31. The first kappa shape index (κ1) is 20.3. The van der Waals surface area contributed by atoms with Crippen LogP contribution in [-0.4, -0.2) is 49.7 Å². The van der Waals surface area contributed by atoms with Crippen molar-refractivity contribution in [3.05, 3.63) is 48.0 Å². The molecule has 5 heteroatoms. The molecule has 1 saturated heterocycles. The summed E-state index contributed by atoms with van der Waals surface area (Å²) < 4.78 is 10.6. The van der Waals surface area contributed by atoms with Gasteiger partial charge in [-0.25, -0.2) is 4.79 Å². The highest BCUT2D eigenvalue weighted by Gasteiger charge is 2.21. The fourth-order valence-corrected chi connectivity index (χ4v) is 3.73. The molecular formula is C23H29NO4. The van der Waals surface area contributed by atoms with Gasteiger partial charge in [0, 0.05) is 6.42 Å². The summed E-state index contributed by atoms with van der Waals surface area (Å²) in [4.78, 5) is 26.3. The standard InChI is InChI=1S/C23H29NO4/c1-2-27-22(25)11-6-14-24-15-12-18(13-16-24)17-28-23(26)21-10-5-8-19-7-3-4-9-20(19)21/h3-5,7-10,18H,2,6,11-17H2,1H3. The zero-order valence-corrected chi connectivity index (χ0v) is 16.6. The molecule has 5 nitrogen and oxygen atoms in total. The van der Waals surface area contributed by atoms with Gasteiger partial charge in [-0.3, -0.25) is 4.79 Å². The molecule has 28 heavy (non-hydrogen) atoms. The molecule has 0 radical (unpaired) electrons. The number of esters is 2. The Morgan fingerprint density at radius 3 is 2.57 bits per heavy atom. The predicted octanol–water partition coefficient (Wildman–Crippen LogP) is 4.05. The van der Waals surface area contributed by atoms with Gasteiger partial charge in [0.2, 0.25) is 0 Å². The van der Waals surface area contributed by atoms with Crippen LogP contribution in [0.2, 0.25) is 0 Å². The number of likely N-dealkylation sites (tertiary alicyclic amines) is 1. The number of ether oxygens (including phenoxy) is 2. The third kappa shape index (κ3) is 5.55. The number of nitrogens with zero attached hydrogens (tertiary/aromatic N) is 1. The van der Waals surface area contributed by atoms with Gasteiger partial charge >= 0.3 is 11.9 Å². The van der Waals surface area contributed by atoms with Crippen molar-refractivity contribution in [3.63, 3.8) is 0 Å². The molecule has 0 atom stereocenters. The second-order valence-corrected chi connectivity index (χ2v) is 7.32. The van der Waals surface area contributed by atoms with E-state index < -0.39 is 0 Å². The number of fused-ring (bicyclic) bond motifs is 1. The van der Waals surface area contributed by atoms with Gasteiger partial charge in [0.1, 0.15) is 0 Å². The maximum absolute atomic E-state index is 12.5. The molecule has 1 aliphatic heterocycles. The number of hydrogen-bond donors (Lipinski definition) is 0. The summed E-state index contributed by atoms with van der Waals surface area (Å²) in [6.07, 6.45) is 3.35. The van der Waals surface area contributed by atoms with Gasteiger partial charge in [0.15, 0.2) is 0 Å². The number of carbonyl (C=O) groups excluding carboxylic acids is 2. The highest BCUT2D eigenvalue weighted by atomic mass is 16.5. The average molecular weight is 383 g/mol. The number of carbonyl (C=O) groups is 2. The number of benzene rings is 2. The first-order valence-electron chi connectivity index (χ1n) is 10.2. The lowest BCUT2D eigenvalue weighted by Crippen LogP contribution is -2.36. The van der Waals surface area contributed by atoms with Crippen LogP contribution in [0.3, 0.4) is 0 Å². The monoisotopic (exact) mass is 383 g/mol. The van der Waals surface area contributed by atoms with Crippen molar-refractivity contribution in [1.29, 1.82) is 0 Å². The van der Waals surface area contributed by atoms with E-state index in [1.54, 1.807) is 0 Å². The Morgan fingerprint density at radius 1 is 1.04 bits per heavy atom. The second-order valence-electron chi connectivity index (χ2n) is 7.32. The third-order valence-corrected chi connectivity index (χ3v) is 5.33. The Bertz CT molecular complexity index is 791. The van der Waals surface area contributed by atoms with Crippen molar-refractivity contribution in [1.82, 2.24) is 4.90 Å². The summed E-state index contributed by atoms with van der Waals surface area (Å²) in [7, 11) is 0. The molecule has 0 amide bonds. The molecule has 0 N–H and O–H groups in total. The van der Waals surface area contributed by atoms with Gasteiger partial charge in [-0.15, -0.1) is 0 Å². The summed E-state index contributed by atoms with van der Waals surface area (Å²) >= 11 is 0. The minimum atomic E-state index is -0.242. The van der Waals surface area contributed by atoms with E-state index in [0.717, 1.165) is 49.7 Å². The lowest BCUT2D eigenvalue weighted by molar-refractivity contribution is -0.143. The highest BCUT2D eigenvalue weighted by Crippen LogP contribution is 2.21. The zero-order chi connectivity index (χ0) is 19.8. The Hall–Kier alpha value is -2.40. The minimum absolute atomic E-state index is 0.113. The van der Waals surface area contributed by atoms with E-state index in [2.05, 4.69) is 4.90 Å². The van der Waals surface area contributed by atoms with Crippen LogP contribution >= 0.6 is 0 Å². The van der Waals surface area contributed by atoms with E-state index in [4.69, 9.17) is 9.47 Å². The molecule has 0 unspecified atom stereocenters. The molecule has 0 aliphatic carbocycles. The topological polar surface area (TPSA) is 55.8 Å². The fraction of sp³-hybridized carbons (Fsp3) is 0.478. The van der Waals surface area contributed by atoms with Crippen LogP contribution in [0, 0.1) is 5.92 Å². The summed E-state index contributed by atoms with van der Waals surface area (Å²) in [6, 6.07) is 13.6. The predicted molar refractivity (Wildman–Crippen MR) is 109 cm³/mol. The SMILES string of the molecule is CCOC(=O)CCCN1CCC(COC(=O)c2cccc3ccccc23)CC1. The second kappa shape index (κ2) is 10.2. The maximum Gasteiger partial charge on any atom is 0.338 e. The van der Waals surface area contributed by atoms with E-state index in [-0.39, 0.29) is 11.9 Å². The largest absolute Gasteiger partial charge is 0.466 e. The molecule has 0 bridgehead atoms. The summed E-state index contributed by atoms with van der Waals surface area (Å²) in [5.74, 6) is 0.0478. The Labute approximate surface area is 166 Å². The normalized spacial score (nSPS) is 15.5. The molecule has 1 fully saturated rings. The van der Waals surface area contributed by atoms with Crippen molar-refractivity contribution in [2.75, 3.05) is 32.8 Å². The van der Waals surface area contributed by atoms with Crippen molar-refractivity contribution in [2.45, 2.75) is 32.6 Å². The molecule has 1 aliphatic rings. The lowest BCUT2D eigenvalue weighted by atomic mass is 9.97. The fourth-order valence-electron chi connectivity index (χ4n) is 3.73. The summed E-state index contributed by atoms with van der Waals surface area (Å²) in [5, 5.41) is 1.99. The molecule has 0 aromatic heterocycles. The van der Waals surface area contributed by atoms with Crippen LogP contribution in [0.4, 0.5) is 0 Å². The highest BCUT2D eigenvalue weighted by molar-refractivity contribution is 6.04. The zero-order valence-electron chi connectivity index (χ0n) is 16.6. The van der Waals surface area contributed by atoms with E-state index in [1.165, 1.54) is 0 Å². The van der Waals surface area contributed by atoms with Crippen LogP contribution in [0.1, 0.15) is 43.0 Å². The molecule has 3 rings (SSSR count). The van der Waals surface area contributed by atoms with Crippen LogP contribution in [0.15, 0.2) is 42.5 Å². The number of hydrogen-bond acceptors (Lipinski definition) is 5. The van der Waals surface area contributed by atoms with Crippen molar-refractivity contribution >= 4 is 22.7 Å². The quantitative estimate of drug-likeness (QED) is 0.644. The first-order valence-corrected chi connectivity index (χ1v) is 10.2. The Morgan fingerprint density at radius 2 is 1.79 bits per heavy atom. The maximum atomic E-state index is 12.5. The van der Waals surface area contributed by atoms with E-state index in [9.17, 15) is 9.59 Å². The van der Waals surface area contributed by atoms with Crippen LogP contribution < -0.4 is 0 Å². The smallest absolute Gasteiger partial charge is 0.338 e. The van der Waals surface area contributed by atoms with Crippen molar-refractivity contribution < 1.29 is 19.1 Å². The van der Waals surface area contributed by atoms with Gasteiger partial charge in [-0.05, 0) is 68.6 Å². The number of rotatable bonds is 8. The van der Waals surface area contributed by atoms with E-state index >= 15 is 0 Å².